The van der Waals surface area contributed by atoms with Crippen LogP contribution in [-0.4, -0.2) is 18.5 Å². The minimum Gasteiger partial charge on any atom is -0.370 e. The van der Waals surface area contributed by atoms with Crippen molar-refractivity contribution >= 4 is 29.9 Å². The summed E-state index contributed by atoms with van der Waals surface area (Å²) in [5.41, 5.74) is 5.25. The van der Waals surface area contributed by atoms with Crippen LogP contribution in [0.3, 0.4) is 0 Å². The number of halogens is 2. The molecule has 2 atom stereocenters. The lowest BCUT2D eigenvalue weighted by molar-refractivity contribution is 0.300. The molecule has 5 heteroatoms. The van der Waals surface area contributed by atoms with Gasteiger partial charge < -0.3 is 11.1 Å². The van der Waals surface area contributed by atoms with E-state index in [1.54, 1.807) is 0 Å². The number of hydrogen-bond acceptors (Lipinski definition) is 1. The van der Waals surface area contributed by atoms with E-state index in [1.807, 2.05) is 30.3 Å². The first-order chi connectivity index (χ1) is 9.18. The first kappa shape index (κ1) is 15.5. The molecule has 2 unspecified atom stereocenters. The monoisotopic (exact) mass is 389 g/mol. The highest BCUT2D eigenvalue weighted by atomic mass is 127. The van der Waals surface area contributed by atoms with Crippen LogP contribution in [0.25, 0.3) is 0 Å². The fourth-order valence-electron chi connectivity index (χ4n) is 2.56. The molecule has 3 N–H and O–H groups in total. The van der Waals surface area contributed by atoms with Gasteiger partial charge in [-0.05, 0) is 24.3 Å². The highest BCUT2D eigenvalue weighted by Gasteiger charge is 2.57. The van der Waals surface area contributed by atoms with E-state index < -0.39 is 5.67 Å². The molecule has 0 saturated heterocycles. The van der Waals surface area contributed by atoms with Crippen LogP contribution in [0.5, 0.6) is 0 Å². The molecule has 0 radical (unpaired) electrons. The first-order valence-electron chi connectivity index (χ1n) is 6.99. The lowest BCUT2D eigenvalue weighted by Crippen LogP contribution is -2.36. The molecule has 110 valence electrons. The Morgan fingerprint density at radius 1 is 1.35 bits per heavy atom. The molecule has 2 fully saturated rings. The van der Waals surface area contributed by atoms with Crippen molar-refractivity contribution < 1.29 is 4.39 Å². The Bertz CT molecular complexity index is 475. The predicted molar refractivity (Wildman–Crippen MR) is 90.0 cm³/mol. The van der Waals surface area contributed by atoms with Crippen LogP contribution in [0.2, 0.25) is 0 Å². The lowest BCUT2D eigenvalue weighted by Gasteiger charge is -2.23. The van der Waals surface area contributed by atoms with E-state index in [1.165, 1.54) is 19.3 Å². The summed E-state index contributed by atoms with van der Waals surface area (Å²) in [6.45, 7) is 0.774. The van der Waals surface area contributed by atoms with Crippen molar-refractivity contribution in [1.29, 1.82) is 0 Å². The van der Waals surface area contributed by atoms with Gasteiger partial charge in [0.1, 0.15) is 0 Å². The summed E-state index contributed by atoms with van der Waals surface area (Å²) in [5, 5.41) is 3.00. The molecule has 20 heavy (non-hydrogen) atoms. The smallest absolute Gasteiger partial charge is 0.188 e. The van der Waals surface area contributed by atoms with Crippen molar-refractivity contribution in [1.82, 2.24) is 5.32 Å². The maximum Gasteiger partial charge on any atom is 0.188 e. The van der Waals surface area contributed by atoms with E-state index in [2.05, 4.69) is 10.3 Å². The molecule has 0 aliphatic heterocycles. The van der Waals surface area contributed by atoms with Crippen molar-refractivity contribution in [2.45, 2.75) is 37.4 Å². The van der Waals surface area contributed by atoms with Gasteiger partial charge in [-0.1, -0.05) is 36.8 Å². The second kappa shape index (κ2) is 6.28. The van der Waals surface area contributed by atoms with Gasteiger partial charge in [0.15, 0.2) is 11.6 Å². The fourth-order valence-corrected chi connectivity index (χ4v) is 2.56. The largest absolute Gasteiger partial charge is 0.370 e. The summed E-state index contributed by atoms with van der Waals surface area (Å²) in [7, 11) is 0. The number of guanidine groups is 1. The molecular weight excluding hydrogens is 368 g/mol. The summed E-state index contributed by atoms with van der Waals surface area (Å²) in [6, 6.07) is 9.03. The van der Waals surface area contributed by atoms with Crippen LogP contribution >= 0.6 is 24.0 Å². The van der Waals surface area contributed by atoms with Gasteiger partial charge in [-0.25, -0.2) is 4.39 Å². The third-order valence-corrected chi connectivity index (χ3v) is 4.21. The maximum absolute atomic E-state index is 14.6. The number of rotatable bonds is 4. The molecule has 3 nitrogen and oxygen atoms in total. The predicted octanol–water partition coefficient (Wildman–Crippen LogP) is 2.95. The summed E-state index contributed by atoms with van der Waals surface area (Å²) in [5.74, 6) is 1.07. The molecule has 3 rings (SSSR count). The Kier molecular flexibility index (Phi) is 4.88. The molecule has 1 aromatic rings. The summed E-state index contributed by atoms with van der Waals surface area (Å²) < 4.78 is 14.6. The number of alkyl halides is 1. The van der Waals surface area contributed by atoms with Crippen molar-refractivity contribution in [2.24, 2.45) is 16.6 Å². The molecule has 0 heterocycles. The van der Waals surface area contributed by atoms with Crippen LogP contribution in [0.4, 0.5) is 4.39 Å². The molecule has 2 aliphatic rings. The average molecular weight is 389 g/mol. The molecule has 1 aromatic carbocycles. The van der Waals surface area contributed by atoms with Crippen LogP contribution < -0.4 is 11.1 Å². The minimum absolute atomic E-state index is 0. The number of hydrogen-bond donors (Lipinski definition) is 2. The SMILES string of the molecule is I.NC(=NCC1CCC1)NC1CC1(F)c1ccccc1. The van der Waals surface area contributed by atoms with Crippen LogP contribution in [-0.2, 0) is 5.67 Å². The van der Waals surface area contributed by atoms with Crippen molar-refractivity contribution in [3.05, 3.63) is 35.9 Å². The Balaban J connectivity index is 0.00000147. The van der Waals surface area contributed by atoms with E-state index in [0.717, 1.165) is 12.1 Å². The van der Waals surface area contributed by atoms with Crippen molar-refractivity contribution in [2.75, 3.05) is 6.54 Å². The van der Waals surface area contributed by atoms with E-state index in [4.69, 9.17) is 5.73 Å². The van der Waals surface area contributed by atoms with Gasteiger partial charge in [-0.15, -0.1) is 24.0 Å². The van der Waals surface area contributed by atoms with Gasteiger partial charge in [-0.2, -0.15) is 0 Å². The van der Waals surface area contributed by atoms with Gasteiger partial charge >= 0.3 is 0 Å². The maximum atomic E-state index is 14.6. The van der Waals surface area contributed by atoms with Crippen LogP contribution in [0, 0.1) is 5.92 Å². The minimum atomic E-state index is -1.28. The number of nitrogens with zero attached hydrogens (tertiary/aromatic N) is 1. The zero-order valence-corrected chi connectivity index (χ0v) is 13.7. The molecule has 2 aliphatic carbocycles. The number of nitrogens with one attached hydrogen (secondary N) is 1. The molecule has 0 bridgehead atoms. The van der Waals surface area contributed by atoms with Crippen LogP contribution in [0.15, 0.2) is 35.3 Å². The van der Waals surface area contributed by atoms with Gasteiger partial charge in [-0.3, -0.25) is 4.99 Å². The van der Waals surface area contributed by atoms with E-state index >= 15 is 0 Å². The van der Waals surface area contributed by atoms with Crippen molar-refractivity contribution in [3.8, 4) is 0 Å². The summed E-state index contributed by atoms with van der Waals surface area (Å²) in [6.07, 6.45) is 4.27. The van der Waals surface area contributed by atoms with Gasteiger partial charge in [0, 0.05) is 13.0 Å². The second-order valence-corrected chi connectivity index (χ2v) is 5.65. The van der Waals surface area contributed by atoms with Crippen LogP contribution in [0.1, 0.15) is 31.2 Å². The normalized spacial score (nSPS) is 29.2. The third kappa shape index (κ3) is 3.24. The fraction of sp³-hybridized carbons (Fsp3) is 0.533. The first-order valence-corrected chi connectivity index (χ1v) is 6.99. The Hall–Kier alpha value is -0.850. The highest BCUT2D eigenvalue weighted by Crippen LogP contribution is 2.49. The Morgan fingerprint density at radius 3 is 2.65 bits per heavy atom. The zero-order chi connectivity index (χ0) is 13.3. The van der Waals surface area contributed by atoms with Gasteiger partial charge in [0.25, 0.3) is 0 Å². The van der Waals surface area contributed by atoms with Crippen molar-refractivity contribution in [3.63, 3.8) is 0 Å². The molecule has 2 saturated carbocycles. The molecule has 0 aromatic heterocycles. The topological polar surface area (TPSA) is 50.4 Å². The number of nitrogens with two attached hydrogens (primary N) is 1. The average Bonchev–Trinajstić information content (AvgIpc) is 3.00. The quantitative estimate of drug-likeness (QED) is 0.473. The summed E-state index contributed by atoms with van der Waals surface area (Å²) in [4.78, 5) is 4.30. The van der Waals surface area contributed by atoms with Gasteiger partial charge in [0.2, 0.25) is 0 Å². The molecule has 0 spiro atoms. The summed E-state index contributed by atoms with van der Waals surface area (Å²) >= 11 is 0. The molecular formula is C15H21FIN3. The molecule has 0 amide bonds. The standard InChI is InChI=1S/C15H20FN3.HI/c16-15(12-7-2-1-3-8-12)9-13(15)19-14(17)18-10-11-5-4-6-11;/h1-3,7-8,11,13H,4-6,9-10H2,(H3,17,18,19);1H. The zero-order valence-electron chi connectivity index (χ0n) is 11.4. The third-order valence-electron chi connectivity index (χ3n) is 4.21. The highest BCUT2D eigenvalue weighted by molar-refractivity contribution is 14.0. The Morgan fingerprint density at radius 2 is 2.05 bits per heavy atom. The van der Waals surface area contributed by atoms with E-state index in [-0.39, 0.29) is 30.0 Å². The van der Waals surface area contributed by atoms with Gasteiger partial charge in [0.05, 0.1) is 6.04 Å². The second-order valence-electron chi connectivity index (χ2n) is 5.65. The number of benzene rings is 1. The number of aliphatic imine (C=N–C) groups is 1. The van der Waals surface area contributed by atoms with E-state index in [9.17, 15) is 4.39 Å². The van der Waals surface area contributed by atoms with E-state index in [0.29, 0.717) is 18.3 Å². The lowest BCUT2D eigenvalue weighted by atomic mass is 9.86. The Labute approximate surface area is 136 Å².